The molecule has 0 N–H and O–H groups in total. The summed E-state index contributed by atoms with van der Waals surface area (Å²) in [6.45, 7) is 2.40. The molecular weight excluding hydrogens is 370 g/mol. The van der Waals surface area contributed by atoms with Crippen LogP contribution in [0.5, 0.6) is 0 Å². The Morgan fingerprint density at radius 3 is 2.57 bits per heavy atom. The first-order valence-electron chi connectivity index (χ1n) is 8.92. The lowest BCUT2D eigenvalue weighted by Gasteiger charge is -2.21. The van der Waals surface area contributed by atoms with E-state index >= 15 is 0 Å². The number of nitrogens with zero attached hydrogens (tertiary/aromatic N) is 5. The maximum atomic E-state index is 12.8. The number of aromatic nitrogens is 3. The highest BCUT2D eigenvalue weighted by atomic mass is 32.2. The van der Waals surface area contributed by atoms with Gasteiger partial charge in [-0.2, -0.15) is 5.26 Å². The van der Waals surface area contributed by atoms with E-state index < -0.39 is 0 Å². The molecule has 1 amide bonds. The van der Waals surface area contributed by atoms with Crippen LogP contribution >= 0.6 is 11.8 Å². The Bertz CT molecular complexity index is 994. The molecule has 0 atom stereocenters. The second-order valence-electron chi connectivity index (χ2n) is 6.26. The van der Waals surface area contributed by atoms with Gasteiger partial charge in [0.25, 0.3) is 0 Å². The van der Waals surface area contributed by atoms with Crippen LogP contribution in [-0.4, -0.2) is 33.0 Å². The van der Waals surface area contributed by atoms with Crippen molar-refractivity contribution in [3.63, 3.8) is 0 Å². The predicted molar refractivity (Wildman–Crippen MR) is 111 cm³/mol. The Morgan fingerprint density at radius 2 is 1.86 bits per heavy atom. The van der Waals surface area contributed by atoms with Crippen LogP contribution in [0.3, 0.4) is 0 Å². The lowest BCUT2D eigenvalue weighted by atomic mass is 10.1. The predicted octanol–water partition coefficient (Wildman–Crippen LogP) is 3.83. The van der Waals surface area contributed by atoms with Crippen molar-refractivity contribution in [2.75, 3.05) is 17.2 Å². The maximum Gasteiger partial charge on any atom is 0.237 e. The molecule has 0 aliphatic rings. The third-order valence-corrected chi connectivity index (χ3v) is 5.37. The first-order valence-corrected chi connectivity index (χ1v) is 9.91. The molecule has 6 nitrogen and oxygen atoms in total. The molecule has 3 rings (SSSR count). The van der Waals surface area contributed by atoms with E-state index in [1.54, 1.807) is 4.90 Å². The van der Waals surface area contributed by atoms with E-state index in [0.717, 1.165) is 22.6 Å². The fraction of sp³-hybridized carbons (Fsp3) is 0.238. The van der Waals surface area contributed by atoms with Gasteiger partial charge in [0.05, 0.1) is 18.2 Å². The van der Waals surface area contributed by atoms with Crippen molar-refractivity contribution < 1.29 is 4.79 Å². The monoisotopic (exact) mass is 391 g/mol. The summed E-state index contributed by atoms with van der Waals surface area (Å²) >= 11 is 1.35. The van der Waals surface area contributed by atoms with Crippen LogP contribution in [0, 0.1) is 18.3 Å². The number of benzene rings is 2. The van der Waals surface area contributed by atoms with Gasteiger partial charge in [0.2, 0.25) is 5.91 Å². The third-order valence-electron chi connectivity index (χ3n) is 4.36. The molecule has 0 saturated carbocycles. The second kappa shape index (κ2) is 9.20. The number of anilines is 1. The highest BCUT2D eigenvalue weighted by Crippen LogP contribution is 2.25. The van der Waals surface area contributed by atoms with Crippen molar-refractivity contribution in [2.24, 2.45) is 7.05 Å². The topological polar surface area (TPSA) is 74.8 Å². The van der Waals surface area contributed by atoms with Gasteiger partial charge in [-0.1, -0.05) is 54.2 Å². The van der Waals surface area contributed by atoms with Gasteiger partial charge < -0.3 is 9.47 Å². The van der Waals surface area contributed by atoms with E-state index in [0.29, 0.717) is 11.7 Å². The van der Waals surface area contributed by atoms with E-state index in [4.69, 9.17) is 5.26 Å². The Balaban J connectivity index is 1.73. The Labute approximate surface area is 168 Å². The SMILES string of the molecule is Cc1ccccc1-c1nnc(SCC(=O)N(CCC#N)c2ccccc2)n1C. The summed E-state index contributed by atoms with van der Waals surface area (Å²) in [5.74, 6) is 0.935. The zero-order valence-corrected chi connectivity index (χ0v) is 16.7. The van der Waals surface area contributed by atoms with Crippen LogP contribution in [0.1, 0.15) is 12.0 Å². The summed E-state index contributed by atoms with van der Waals surface area (Å²) < 4.78 is 1.91. The fourth-order valence-electron chi connectivity index (χ4n) is 2.87. The molecule has 0 spiro atoms. The highest BCUT2D eigenvalue weighted by molar-refractivity contribution is 7.99. The smallest absolute Gasteiger partial charge is 0.237 e. The summed E-state index contributed by atoms with van der Waals surface area (Å²) in [5, 5.41) is 18.1. The fourth-order valence-corrected chi connectivity index (χ4v) is 3.66. The Kier molecular flexibility index (Phi) is 6.45. The molecule has 0 radical (unpaired) electrons. The summed E-state index contributed by atoms with van der Waals surface area (Å²) in [6.07, 6.45) is 0.284. The number of para-hydroxylation sites is 1. The summed E-state index contributed by atoms with van der Waals surface area (Å²) in [4.78, 5) is 14.5. The van der Waals surface area contributed by atoms with Gasteiger partial charge in [0, 0.05) is 24.8 Å². The molecule has 0 bridgehead atoms. The van der Waals surface area contributed by atoms with Gasteiger partial charge in [0.15, 0.2) is 11.0 Å². The Morgan fingerprint density at radius 1 is 1.14 bits per heavy atom. The summed E-state index contributed by atoms with van der Waals surface area (Å²) in [5.41, 5.74) is 2.94. The minimum atomic E-state index is -0.0631. The number of hydrogen-bond acceptors (Lipinski definition) is 5. The average Bonchev–Trinajstić information content (AvgIpc) is 3.08. The van der Waals surface area contributed by atoms with Gasteiger partial charge in [-0.25, -0.2) is 0 Å². The van der Waals surface area contributed by atoms with Crippen molar-refractivity contribution in [3.05, 3.63) is 60.2 Å². The van der Waals surface area contributed by atoms with Gasteiger partial charge in [-0.05, 0) is 24.6 Å². The quantitative estimate of drug-likeness (QED) is 0.572. The van der Waals surface area contributed by atoms with Crippen molar-refractivity contribution in [3.8, 4) is 17.5 Å². The maximum absolute atomic E-state index is 12.8. The van der Waals surface area contributed by atoms with Crippen molar-refractivity contribution in [1.29, 1.82) is 5.26 Å². The number of thioether (sulfide) groups is 1. The van der Waals surface area contributed by atoms with Crippen LogP contribution < -0.4 is 4.90 Å². The number of rotatable bonds is 7. The summed E-state index contributed by atoms with van der Waals surface area (Å²) in [7, 11) is 1.90. The molecule has 3 aromatic rings. The zero-order chi connectivity index (χ0) is 19.9. The highest BCUT2D eigenvalue weighted by Gasteiger charge is 2.18. The van der Waals surface area contributed by atoms with E-state index in [1.165, 1.54) is 11.8 Å². The molecule has 1 aromatic heterocycles. The summed E-state index contributed by atoms with van der Waals surface area (Å²) in [6, 6.07) is 19.5. The first-order chi connectivity index (χ1) is 13.6. The normalized spacial score (nSPS) is 10.5. The molecule has 7 heteroatoms. The molecule has 0 fully saturated rings. The van der Waals surface area contributed by atoms with Crippen LogP contribution in [0.2, 0.25) is 0 Å². The van der Waals surface area contributed by atoms with Crippen LogP contribution in [0.4, 0.5) is 5.69 Å². The lowest BCUT2D eigenvalue weighted by molar-refractivity contribution is -0.116. The second-order valence-corrected chi connectivity index (χ2v) is 7.20. The Hall–Kier alpha value is -3.11. The molecule has 0 unspecified atom stereocenters. The number of amides is 1. The first kappa shape index (κ1) is 19.6. The van der Waals surface area contributed by atoms with Gasteiger partial charge >= 0.3 is 0 Å². The van der Waals surface area contributed by atoms with E-state index in [9.17, 15) is 4.79 Å². The third kappa shape index (κ3) is 4.41. The number of aryl methyl sites for hydroxylation is 1. The molecule has 142 valence electrons. The number of carbonyl (C=O) groups is 1. The molecule has 2 aromatic carbocycles. The van der Waals surface area contributed by atoms with Gasteiger partial charge in [-0.3, -0.25) is 4.79 Å². The van der Waals surface area contributed by atoms with Crippen LogP contribution in [0.25, 0.3) is 11.4 Å². The number of hydrogen-bond donors (Lipinski definition) is 0. The minimum Gasteiger partial charge on any atom is -0.311 e. The average molecular weight is 392 g/mol. The van der Waals surface area contributed by atoms with Gasteiger partial charge in [-0.15, -0.1) is 10.2 Å². The molecule has 28 heavy (non-hydrogen) atoms. The zero-order valence-electron chi connectivity index (χ0n) is 15.9. The minimum absolute atomic E-state index is 0.0631. The van der Waals surface area contributed by atoms with Crippen molar-refractivity contribution in [1.82, 2.24) is 14.8 Å². The van der Waals surface area contributed by atoms with E-state index in [-0.39, 0.29) is 18.1 Å². The standard InChI is InChI=1S/C21H21N5OS/c1-16-9-6-7-12-18(16)20-23-24-21(25(20)2)28-15-19(27)26(14-8-13-22)17-10-4-3-5-11-17/h3-7,9-12H,8,14-15H2,1-2H3. The molecule has 0 aliphatic heterocycles. The largest absolute Gasteiger partial charge is 0.311 e. The van der Waals surface area contributed by atoms with Crippen LogP contribution in [-0.2, 0) is 11.8 Å². The molecule has 0 saturated heterocycles. The van der Waals surface area contributed by atoms with E-state index in [2.05, 4.69) is 16.3 Å². The number of carbonyl (C=O) groups excluding carboxylic acids is 1. The molecular formula is C21H21N5OS. The van der Waals surface area contributed by atoms with Crippen molar-refractivity contribution in [2.45, 2.75) is 18.5 Å². The van der Waals surface area contributed by atoms with Gasteiger partial charge in [0.1, 0.15) is 0 Å². The molecule has 0 aliphatic carbocycles. The number of nitriles is 1. The lowest BCUT2D eigenvalue weighted by Crippen LogP contribution is -2.33. The van der Waals surface area contributed by atoms with Crippen LogP contribution in [0.15, 0.2) is 59.8 Å². The van der Waals surface area contributed by atoms with E-state index in [1.807, 2.05) is 73.1 Å². The van der Waals surface area contributed by atoms with Crippen molar-refractivity contribution >= 4 is 23.4 Å². The molecule has 1 heterocycles.